The van der Waals surface area contributed by atoms with E-state index in [0.29, 0.717) is 22.8 Å². The SMILES string of the molecule is Nc1c(Cl)nc(C2CCCCC2)nc1NC1CCCC1. The molecule has 0 atom stereocenters. The highest BCUT2D eigenvalue weighted by molar-refractivity contribution is 6.32. The van der Waals surface area contributed by atoms with E-state index < -0.39 is 0 Å². The number of anilines is 2. The van der Waals surface area contributed by atoms with Gasteiger partial charge in [0.2, 0.25) is 0 Å². The fraction of sp³-hybridized carbons (Fsp3) is 0.733. The van der Waals surface area contributed by atoms with Crippen LogP contribution in [0.3, 0.4) is 0 Å². The molecule has 3 rings (SSSR count). The number of rotatable bonds is 3. The molecule has 2 fully saturated rings. The van der Waals surface area contributed by atoms with Crippen LogP contribution in [0.15, 0.2) is 0 Å². The number of hydrogen-bond donors (Lipinski definition) is 2. The number of nitrogens with two attached hydrogens (primary N) is 1. The lowest BCUT2D eigenvalue weighted by Crippen LogP contribution is -2.19. The van der Waals surface area contributed by atoms with Gasteiger partial charge >= 0.3 is 0 Å². The Morgan fingerprint density at radius 1 is 0.950 bits per heavy atom. The molecule has 1 aromatic heterocycles. The number of halogens is 1. The van der Waals surface area contributed by atoms with Gasteiger partial charge in [-0.2, -0.15) is 0 Å². The second-order valence-electron chi connectivity index (χ2n) is 6.10. The largest absolute Gasteiger partial charge is 0.393 e. The van der Waals surface area contributed by atoms with Gasteiger partial charge < -0.3 is 11.1 Å². The summed E-state index contributed by atoms with van der Waals surface area (Å²) in [6.07, 6.45) is 11.2. The fourth-order valence-corrected chi connectivity index (χ4v) is 3.55. The minimum atomic E-state index is 0.404. The summed E-state index contributed by atoms with van der Waals surface area (Å²) < 4.78 is 0. The Morgan fingerprint density at radius 2 is 1.60 bits per heavy atom. The van der Waals surface area contributed by atoms with Gasteiger partial charge in [-0.1, -0.05) is 43.7 Å². The molecule has 2 saturated carbocycles. The summed E-state index contributed by atoms with van der Waals surface area (Å²) in [6, 6.07) is 0.488. The lowest BCUT2D eigenvalue weighted by molar-refractivity contribution is 0.429. The zero-order valence-corrected chi connectivity index (χ0v) is 12.6. The lowest BCUT2D eigenvalue weighted by atomic mass is 9.89. The van der Waals surface area contributed by atoms with Crippen molar-refractivity contribution >= 4 is 23.1 Å². The molecule has 1 heterocycles. The molecular formula is C15H23ClN4. The smallest absolute Gasteiger partial charge is 0.157 e. The Labute approximate surface area is 125 Å². The molecule has 2 aliphatic carbocycles. The Morgan fingerprint density at radius 3 is 2.30 bits per heavy atom. The van der Waals surface area contributed by atoms with E-state index in [1.807, 2.05) is 0 Å². The van der Waals surface area contributed by atoms with Crippen LogP contribution in [-0.2, 0) is 0 Å². The summed E-state index contributed by atoms with van der Waals surface area (Å²) in [5, 5.41) is 3.87. The second-order valence-corrected chi connectivity index (χ2v) is 6.45. The first-order valence-electron chi connectivity index (χ1n) is 7.83. The van der Waals surface area contributed by atoms with Crippen molar-refractivity contribution in [3.8, 4) is 0 Å². The highest BCUT2D eigenvalue weighted by Crippen LogP contribution is 2.34. The maximum atomic E-state index is 6.21. The van der Waals surface area contributed by atoms with Gasteiger partial charge in [-0.25, -0.2) is 9.97 Å². The first-order valence-corrected chi connectivity index (χ1v) is 8.21. The van der Waals surface area contributed by atoms with Gasteiger partial charge in [-0.05, 0) is 25.7 Å². The molecule has 0 aliphatic heterocycles. The molecule has 1 aromatic rings. The van der Waals surface area contributed by atoms with Crippen LogP contribution in [0.5, 0.6) is 0 Å². The van der Waals surface area contributed by atoms with Gasteiger partial charge in [-0.3, -0.25) is 0 Å². The quantitative estimate of drug-likeness (QED) is 0.823. The zero-order valence-electron chi connectivity index (χ0n) is 11.9. The Hall–Kier alpha value is -1.03. The van der Waals surface area contributed by atoms with E-state index in [-0.39, 0.29) is 0 Å². The van der Waals surface area contributed by atoms with Crippen LogP contribution in [0.1, 0.15) is 69.5 Å². The molecule has 0 bridgehead atoms. The van der Waals surface area contributed by atoms with E-state index in [9.17, 15) is 0 Å². The summed E-state index contributed by atoms with van der Waals surface area (Å²) >= 11 is 6.21. The third kappa shape index (κ3) is 3.00. The van der Waals surface area contributed by atoms with Crippen LogP contribution < -0.4 is 11.1 Å². The molecule has 2 aliphatic rings. The predicted molar refractivity (Wildman–Crippen MR) is 83.2 cm³/mol. The Bertz CT molecular complexity index is 465. The number of nitrogens with one attached hydrogen (secondary N) is 1. The van der Waals surface area contributed by atoms with Crippen LogP contribution in [0.4, 0.5) is 11.5 Å². The first kappa shape index (κ1) is 13.9. The summed E-state index contributed by atoms with van der Waals surface area (Å²) in [4.78, 5) is 9.11. The predicted octanol–water partition coefficient (Wildman–Crippen LogP) is 4.11. The van der Waals surface area contributed by atoms with Crippen molar-refractivity contribution in [3.63, 3.8) is 0 Å². The van der Waals surface area contributed by atoms with Gasteiger partial charge in [0.15, 0.2) is 11.0 Å². The van der Waals surface area contributed by atoms with E-state index in [1.165, 1.54) is 57.8 Å². The third-order valence-corrected chi connectivity index (χ3v) is 4.87. The highest BCUT2D eigenvalue weighted by Gasteiger charge is 2.22. The summed E-state index contributed by atoms with van der Waals surface area (Å²) in [7, 11) is 0. The van der Waals surface area contributed by atoms with Crippen molar-refractivity contribution in [1.29, 1.82) is 0 Å². The minimum absolute atomic E-state index is 0.404. The van der Waals surface area contributed by atoms with Crippen molar-refractivity contribution in [3.05, 3.63) is 11.0 Å². The highest BCUT2D eigenvalue weighted by atomic mass is 35.5. The summed E-state index contributed by atoms with van der Waals surface area (Å²) in [6.45, 7) is 0. The van der Waals surface area contributed by atoms with Crippen molar-refractivity contribution in [1.82, 2.24) is 9.97 Å². The molecule has 3 N–H and O–H groups in total. The van der Waals surface area contributed by atoms with E-state index in [0.717, 1.165) is 11.6 Å². The zero-order chi connectivity index (χ0) is 13.9. The Kier molecular flexibility index (Phi) is 4.29. The van der Waals surface area contributed by atoms with Crippen molar-refractivity contribution in [2.24, 2.45) is 0 Å². The molecule has 0 radical (unpaired) electrons. The van der Waals surface area contributed by atoms with Gasteiger partial charge in [0.25, 0.3) is 0 Å². The molecule has 0 aromatic carbocycles. The third-order valence-electron chi connectivity index (χ3n) is 4.58. The molecule has 5 heteroatoms. The molecule has 0 saturated heterocycles. The first-order chi connectivity index (χ1) is 9.74. The van der Waals surface area contributed by atoms with Crippen LogP contribution in [-0.4, -0.2) is 16.0 Å². The van der Waals surface area contributed by atoms with Crippen LogP contribution >= 0.6 is 11.6 Å². The van der Waals surface area contributed by atoms with Crippen molar-refractivity contribution in [2.75, 3.05) is 11.1 Å². The van der Waals surface area contributed by atoms with E-state index in [2.05, 4.69) is 15.3 Å². The number of hydrogen-bond acceptors (Lipinski definition) is 4. The molecule has 20 heavy (non-hydrogen) atoms. The number of nitrogen functional groups attached to an aromatic ring is 1. The van der Waals surface area contributed by atoms with Gasteiger partial charge in [0.1, 0.15) is 11.5 Å². The van der Waals surface area contributed by atoms with Gasteiger partial charge in [0, 0.05) is 12.0 Å². The summed E-state index contributed by atoms with van der Waals surface area (Å²) in [5.41, 5.74) is 6.54. The second kappa shape index (κ2) is 6.17. The van der Waals surface area contributed by atoms with E-state index in [1.54, 1.807) is 0 Å². The van der Waals surface area contributed by atoms with Crippen molar-refractivity contribution in [2.45, 2.75) is 69.7 Å². The van der Waals surface area contributed by atoms with Crippen LogP contribution in [0.25, 0.3) is 0 Å². The Balaban J connectivity index is 1.82. The normalized spacial score (nSPS) is 21.2. The molecular weight excluding hydrogens is 272 g/mol. The lowest BCUT2D eigenvalue weighted by Gasteiger charge is -2.22. The maximum absolute atomic E-state index is 6.21. The minimum Gasteiger partial charge on any atom is -0.393 e. The van der Waals surface area contributed by atoms with Crippen LogP contribution in [0.2, 0.25) is 5.15 Å². The summed E-state index contributed by atoms with van der Waals surface area (Å²) in [5.74, 6) is 2.08. The molecule has 0 spiro atoms. The van der Waals surface area contributed by atoms with Crippen LogP contribution in [0, 0.1) is 0 Å². The monoisotopic (exact) mass is 294 g/mol. The number of nitrogens with zero attached hydrogens (tertiary/aromatic N) is 2. The fourth-order valence-electron chi connectivity index (χ4n) is 3.38. The standard InChI is InChI=1S/C15H23ClN4/c16-13-12(17)15(18-11-8-4-5-9-11)20-14(19-13)10-6-2-1-3-7-10/h10-11H,1-9,17H2,(H,18,19,20). The van der Waals surface area contributed by atoms with Crippen molar-refractivity contribution < 1.29 is 0 Å². The van der Waals surface area contributed by atoms with E-state index in [4.69, 9.17) is 17.3 Å². The number of aromatic nitrogens is 2. The van der Waals surface area contributed by atoms with E-state index >= 15 is 0 Å². The molecule has 0 unspecified atom stereocenters. The maximum Gasteiger partial charge on any atom is 0.157 e. The topological polar surface area (TPSA) is 63.8 Å². The van der Waals surface area contributed by atoms with Gasteiger partial charge in [0.05, 0.1) is 0 Å². The molecule has 4 nitrogen and oxygen atoms in total. The molecule has 0 amide bonds. The average molecular weight is 295 g/mol. The molecule has 110 valence electrons. The average Bonchev–Trinajstić information content (AvgIpc) is 2.97. The van der Waals surface area contributed by atoms with Gasteiger partial charge in [-0.15, -0.1) is 0 Å².